The van der Waals surface area contributed by atoms with Gasteiger partial charge in [-0.3, -0.25) is 4.79 Å². The van der Waals surface area contributed by atoms with Crippen LogP contribution >= 0.6 is 0 Å². The van der Waals surface area contributed by atoms with E-state index in [9.17, 15) is 4.79 Å². The lowest BCUT2D eigenvalue weighted by molar-refractivity contribution is -0.137. The SMILES string of the molecule is CCCC1C(C)CCCN1C(=O)CC1CC2CCC(C1)N2. The quantitative estimate of drug-likeness (QED) is 0.862. The second kappa shape index (κ2) is 6.68. The highest BCUT2D eigenvalue weighted by atomic mass is 16.2. The fourth-order valence-electron chi connectivity index (χ4n) is 5.00. The van der Waals surface area contributed by atoms with Crippen LogP contribution in [0.4, 0.5) is 0 Å². The van der Waals surface area contributed by atoms with Gasteiger partial charge in [-0.15, -0.1) is 0 Å². The molecule has 0 aromatic heterocycles. The number of rotatable bonds is 4. The van der Waals surface area contributed by atoms with Gasteiger partial charge in [0.15, 0.2) is 0 Å². The number of piperidine rings is 2. The van der Waals surface area contributed by atoms with Crippen molar-refractivity contribution in [2.45, 2.75) is 89.8 Å². The van der Waals surface area contributed by atoms with E-state index < -0.39 is 0 Å². The van der Waals surface area contributed by atoms with Crippen LogP contribution in [0.1, 0.15) is 71.6 Å². The van der Waals surface area contributed by atoms with Gasteiger partial charge >= 0.3 is 0 Å². The summed E-state index contributed by atoms with van der Waals surface area (Å²) in [4.78, 5) is 15.1. The van der Waals surface area contributed by atoms with Gasteiger partial charge in [0.2, 0.25) is 5.91 Å². The molecule has 4 unspecified atom stereocenters. The summed E-state index contributed by atoms with van der Waals surface area (Å²) in [7, 11) is 0. The molecule has 3 heterocycles. The average molecular weight is 292 g/mol. The molecule has 3 nitrogen and oxygen atoms in total. The second-order valence-corrected chi connectivity index (χ2v) is 7.74. The highest BCUT2D eigenvalue weighted by molar-refractivity contribution is 5.77. The Morgan fingerprint density at radius 3 is 2.57 bits per heavy atom. The van der Waals surface area contributed by atoms with Gasteiger partial charge in [0.25, 0.3) is 0 Å². The Bertz CT molecular complexity index is 358. The Morgan fingerprint density at radius 1 is 1.19 bits per heavy atom. The lowest BCUT2D eigenvalue weighted by Gasteiger charge is -2.41. The fraction of sp³-hybridized carbons (Fsp3) is 0.944. The van der Waals surface area contributed by atoms with Gasteiger partial charge in [-0.05, 0) is 56.8 Å². The molecular weight excluding hydrogens is 260 g/mol. The summed E-state index contributed by atoms with van der Waals surface area (Å²) in [5, 5.41) is 3.68. The Labute approximate surface area is 129 Å². The van der Waals surface area contributed by atoms with Crippen molar-refractivity contribution in [2.24, 2.45) is 11.8 Å². The van der Waals surface area contributed by atoms with Crippen molar-refractivity contribution in [3.8, 4) is 0 Å². The van der Waals surface area contributed by atoms with Crippen LogP contribution in [-0.2, 0) is 4.79 Å². The first-order valence-electron chi connectivity index (χ1n) is 9.23. The molecule has 0 spiro atoms. The van der Waals surface area contributed by atoms with Crippen LogP contribution in [0, 0.1) is 11.8 Å². The molecule has 2 bridgehead atoms. The first-order valence-corrected chi connectivity index (χ1v) is 9.23. The molecule has 1 N–H and O–H groups in total. The Morgan fingerprint density at radius 2 is 1.90 bits per heavy atom. The first-order chi connectivity index (χ1) is 10.2. The number of nitrogens with zero attached hydrogens (tertiary/aromatic N) is 1. The monoisotopic (exact) mass is 292 g/mol. The van der Waals surface area contributed by atoms with Gasteiger partial charge in [-0.2, -0.15) is 0 Å². The van der Waals surface area contributed by atoms with Crippen LogP contribution in [0.15, 0.2) is 0 Å². The molecule has 0 aromatic rings. The van der Waals surface area contributed by atoms with Crippen molar-refractivity contribution < 1.29 is 4.79 Å². The summed E-state index contributed by atoms with van der Waals surface area (Å²) in [6.45, 7) is 5.59. The number of fused-ring (bicyclic) bond motifs is 2. The van der Waals surface area contributed by atoms with Gasteiger partial charge in [-0.1, -0.05) is 20.3 Å². The lowest BCUT2D eigenvalue weighted by atomic mass is 9.85. The van der Waals surface area contributed by atoms with E-state index in [0.717, 1.165) is 13.0 Å². The molecule has 3 aliphatic heterocycles. The molecule has 4 atom stereocenters. The largest absolute Gasteiger partial charge is 0.339 e. The Balaban J connectivity index is 1.58. The molecule has 1 amide bonds. The molecular formula is C18H32N2O. The summed E-state index contributed by atoms with van der Waals surface area (Å²) in [5.41, 5.74) is 0. The summed E-state index contributed by atoms with van der Waals surface area (Å²) < 4.78 is 0. The topological polar surface area (TPSA) is 32.3 Å². The van der Waals surface area contributed by atoms with Crippen molar-refractivity contribution in [1.29, 1.82) is 0 Å². The third kappa shape index (κ3) is 3.44. The Kier molecular flexibility index (Phi) is 4.88. The summed E-state index contributed by atoms with van der Waals surface area (Å²) >= 11 is 0. The van der Waals surface area contributed by atoms with Crippen molar-refractivity contribution in [3.63, 3.8) is 0 Å². The molecule has 0 aliphatic carbocycles. The number of hydrogen-bond donors (Lipinski definition) is 1. The van der Waals surface area contributed by atoms with Crippen LogP contribution < -0.4 is 5.32 Å². The minimum absolute atomic E-state index is 0.450. The normalized spacial score (nSPS) is 39.5. The molecule has 0 aromatic carbocycles. The zero-order valence-electron chi connectivity index (χ0n) is 13.8. The van der Waals surface area contributed by atoms with Gasteiger partial charge < -0.3 is 10.2 Å². The molecule has 3 saturated heterocycles. The molecule has 3 aliphatic rings. The summed E-state index contributed by atoms with van der Waals surface area (Å²) in [6, 6.07) is 1.91. The molecule has 21 heavy (non-hydrogen) atoms. The Hall–Kier alpha value is -0.570. The lowest BCUT2D eigenvalue weighted by Crippen LogP contribution is -2.48. The minimum atomic E-state index is 0.450. The highest BCUT2D eigenvalue weighted by Crippen LogP contribution is 2.34. The maximum Gasteiger partial charge on any atom is 0.223 e. The number of amides is 1. The van der Waals surface area contributed by atoms with E-state index in [1.165, 1.54) is 51.4 Å². The van der Waals surface area contributed by atoms with Crippen LogP contribution in [0.5, 0.6) is 0 Å². The van der Waals surface area contributed by atoms with Crippen LogP contribution in [0.3, 0.4) is 0 Å². The van der Waals surface area contributed by atoms with Crippen molar-refractivity contribution in [2.75, 3.05) is 6.54 Å². The third-order valence-electron chi connectivity index (χ3n) is 6.05. The molecule has 3 heteroatoms. The smallest absolute Gasteiger partial charge is 0.223 e. The van der Waals surface area contributed by atoms with E-state index in [1.807, 2.05) is 0 Å². The van der Waals surface area contributed by atoms with E-state index in [0.29, 0.717) is 35.9 Å². The number of carbonyl (C=O) groups is 1. The molecule has 3 fully saturated rings. The molecule has 120 valence electrons. The highest BCUT2D eigenvalue weighted by Gasteiger charge is 2.36. The van der Waals surface area contributed by atoms with Crippen molar-refractivity contribution in [3.05, 3.63) is 0 Å². The maximum absolute atomic E-state index is 12.8. The first kappa shape index (κ1) is 15.3. The maximum atomic E-state index is 12.8. The summed E-state index contributed by atoms with van der Waals surface area (Å²) in [5.74, 6) is 1.77. The minimum Gasteiger partial charge on any atom is -0.339 e. The average Bonchev–Trinajstić information content (AvgIpc) is 2.80. The summed E-state index contributed by atoms with van der Waals surface area (Å²) in [6.07, 6.45) is 10.8. The fourth-order valence-corrected chi connectivity index (χ4v) is 5.00. The van der Waals surface area contributed by atoms with Gasteiger partial charge in [0, 0.05) is 31.1 Å². The van der Waals surface area contributed by atoms with Crippen LogP contribution in [0.25, 0.3) is 0 Å². The zero-order valence-corrected chi connectivity index (χ0v) is 13.8. The number of carbonyl (C=O) groups excluding carboxylic acids is 1. The van der Waals surface area contributed by atoms with Crippen LogP contribution in [0.2, 0.25) is 0 Å². The van der Waals surface area contributed by atoms with Gasteiger partial charge in [0.05, 0.1) is 0 Å². The third-order valence-corrected chi connectivity index (χ3v) is 6.05. The van der Waals surface area contributed by atoms with E-state index >= 15 is 0 Å². The second-order valence-electron chi connectivity index (χ2n) is 7.74. The van der Waals surface area contributed by atoms with E-state index in [-0.39, 0.29) is 0 Å². The number of likely N-dealkylation sites (tertiary alicyclic amines) is 1. The van der Waals surface area contributed by atoms with Gasteiger partial charge in [0.1, 0.15) is 0 Å². The van der Waals surface area contributed by atoms with Crippen molar-refractivity contribution in [1.82, 2.24) is 10.2 Å². The predicted octanol–water partition coefficient (Wildman–Crippen LogP) is 3.33. The standard InChI is InChI=1S/C18H32N2O/c1-3-5-17-13(2)6-4-9-20(17)18(21)12-14-10-15-7-8-16(11-14)19-15/h13-17,19H,3-12H2,1-2H3. The van der Waals surface area contributed by atoms with Crippen molar-refractivity contribution >= 4 is 5.91 Å². The molecule has 0 radical (unpaired) electrons. The molecule has 3 rings (SSSR count). The zero-order chi connectivity index (χ0) is 14.8. The number of nitrogens with one attached hydrogen (secondary N) is 1. The van der Waals surface area contributed by atoms with E-state index in [2.05, 4.69) is 24.1 Å². The predicted molar refractivity (Wildman–Crippen MR) is 86.1 cm³/mol. The number of hydrogen-bond acceptors (Lipinski definition) is 2. The van der Waals surface area contributed by atoms with Crippen LogP contribution in [-0.4, -0.2) is 35.5 Å². The van der Waals surface area contributed by atoms with E-state index in [4.69, 9.17) is 0 Å². The van der Waals surface area contributed by atoms with Gasteiger partial charge in [-0.25, -0.2) is 0 Å². The molecule has 0 saturated carbocycles. The van der Waals surface area contributed by atoms with E-state index in [1.54, 1.807) is 0 Å².